The van der Waals surface area contributed by atoms with E-state index in [0.29, 0.717) is 11.5 Å². The highest BCUT2D eigenvalue weighted by Crippen LogP contribution is 2.21. The summed E-state index contributed by atoms with van der Waals surface area (Å²) in [6.07, 6.45) is -4.62. The third-order valence-electron chi connectivity index (χ3n) is 2.17. The molecular weight excluding hydrogens is 387 g/mol. The Morgan fingerprint density at radius 1 is 1.46 bits per heavy atom. The molecule has 1 rings (SSSR count). The average molecular weight is 401 g/mol. The van der Waals surface area contributed by atoms with Gasteiger partial charge in [-0.05, 0) is 6.92 Å². The molecule has 0 aliphatic rings. The predicted octanol–water partition coefficient (Wildman–Crippen LogP) is 0.122. The highest BCUT2D eigenvalue weighted by Gasteiger charge is 2.38. The lowest BCUT2D eigenvalue weighted by Crippen LogP contribution is -2.44. The molecule has 6 N–H and O–H groups in total. The first-order chi connectivity index (χ1) is 12.1. The molecule has 1 aromatic rings. The molecule has 146 valence electrons. The van der Waals surface area contributed by atoms with Gasteiger partial charge in [-0.15, -0.1) is 11.3 Å². The maximum atomic E-state index is 11.7. The van der Waals surface area contributed by atoms with Crippen LogP contribution in [0.25, 0.3) is 0 Å². The van der Waals surface area contributed by atoms with Gasteiger partial charge >= 0.3 is 24.1 Å². The van der Waals surface area contributed by atoms with Crippen molar-refractivity contribution in [2.75, 3.05) is 11.9 Å². The van der Waals surface area contributed by atoms with E-state index in [0.717, 1.165) is 11.3 Å². The van der Waals surface area contributed by atoms with Gasteiger partial charge in [0.1, 0.15) is 0 Å². The second-order valence-corrected chi connectivity index (χ2v) is 4.80. The van der Waals surface area contributed by atoms with Crippen LogP contribution < -0.4 is 21.9 Å². The summed E-state index contributed by atoms with van der Waals surface area (Å²) >= 11 is 1.11. The van der Waals surface area contributed by atoms with E-state index in [1.54, 1.807) is 6.92 Å². The molecule has 26 heavy (non-hydrogen) atoms. The van der Waals surface area contributed by atoms with Crippen molar-refractivity contribution in [2.45, 2.75) is 19.1 Å². The Hall–Kier alpha value is -2.94. The Morgan fingerprint density at radius 2 is 2.04 bits per heavy atom. The number of carboxylic acid groups (broad SMARTS) is 1. The van der Waals surface area contributed by atoms with E-state index in [2.05, 4.69) is 15.6 Å². The van der Waals surface area contributed by atoms with Gasteiger partial charge in [0.05, 0.1) is 12.3 Å². The number of nitrogens with zero attached hydrogens (tertiary/aromatic N) is 1. The lowest BCUT2D eigenvalue weighted by atomic mass is 10.2. The number of rotatable bonds is 6. The first-order valence-corrected chi connectivity index (χ1v) is 7.34. The maximum Gasteiger partial charge on any atom is 0.490 e. The Kier molecular flexibility index (Phi) is 9.60. The summed E-state index contributed by atoms with van der Waals surface area (Å²) in [5.41, 5.74) is 2.09. The van der Waals surface area contributed by atoms with Crippen LogP contribution in [-0.2, 0) is 19.1 Å². The fourth-order valence-corrected chi connectivity index (χ4v) is 1.88. The van der Waals surface area contributed by atoms with Crippen molar-refractivity contribution < 1.29 is 42.2 Å². The monoisotopic (exact) mass is 401 g/mol. The molecule has 0 aromatic carbocycles. The van der Waals surface area contributed by atoms with E-state index < -0.39 is 30.2 Å². The van der Waals surface area contributed by atoms with Crippen LogP contribution in [0.15, 0.2) is 5.38 Å². The molecule has 0 saturated heterocycles. The fraction of sp³-hybridized carbons (Fsp3) is 0.364. The molecule has 0 bridgehead atoms. The van der Waals surface area contributed by atoms with Gasteiger partial charge < -0.3 is 20.5 Å². The van der Waals surface area contributed by atoms with E-state index in [9.17, 15) is 27.6 Å². The van der Waals surface area contributed by atoms with Crippen LogP contribution in [0.4, 0.5) is 23.1 Å². The van der Waals surface area contributed by atoms with Crippen LogP contribution >= 0.6 is 11.3 Å². The van der Waals surface area contributed by atoms with Gasteiger partial charge in [-0.1, -0.05) is 0 Å². The minimum Gasteiger partial charge on any atom is -0.475 e. The lowest BCUT2D eigenvalue weighted by molar-refractivity contribution is -0.192. The van der Waals surface area contributed by atoms with Crippen LogP contribution in [0.5, 0.6) is 0 Å². The molecule has 1 aromatic heterocycles. The molecule has 11 nitrogen and oxygen atoms in total. The molecule has 1 heterocycles. The third kappa shape index (κ3) is 8.25. The van der Waals surface area contributed by atoms with Crippen LogP contribution in [0.2, 0.25) is 0 Å². The number of urea groups is 1. The molecule has 0 radical (unpaired) electrons. The number of hydrogen-bond acceptors (Lipinski definition) is 8. The molecule has 0 aliphatic carbocycles. The van der Waals surface area contributed by atoms with Crippen LogP contribution in [0.1, 0.15) is 18.7 Å². The molecule has 3 amide bonds. The number of aromatic nitrogens is 1. The normalized spacial score (nSPS) is 11.3. The number of ether oxygens (including phenoxy) is 1. The van der Waals surface area contributed by atoms with E-state index in [1.807, 2.05) is 5.43 Å². The van der Waals surface area contributed by atoms with Gasteiger partial charge in [-0.25, -0.2) is 25.2 Å². The minimum absolute atomic E-state index is 0.158. The van der Waals surface area contributed by atoms with Crippen LogP contribution in [-0.4, -0.2) is 47.3 Å². The number of nitrogens with two attached hydrogens (primary N) is 1. The largest absolute Gasteiger partial charge is 0.490 e. The summed E-state index contributed by atoms with van der Waals surface area (Å²) in [4.78, 5) is 46.1. The van der Waals surface area contributed by atoms with Gasteiger partial charge in [0.25, 0.3) is 0 Å². The fourth-order valence-electron chi connectivity index (χ4n) is 1.19. The van der Waals surface area contributed by atoms with Crippen molar-refractivity contribution in [3.8, 4) is 0 Å². The molecule has 0 fully saturated rings. The number of carbonyl (C=O) groups is 4. The number of hydrazine groups is 1. The number of nitrogens with one attached hydrogen (secondary N) is 3. The minimum atomic E-state index is -5.08. The number of carboxylic acids is 1. The zero-order valence-corrected chi connectivity index (χ0v) is 13.8. The number of carbonyl (C=O) groups excluding carboxylic acids is 3. The van der Waals surface area contributed by atoms with Crippen molar-refractivity contribution in [3.63, 3.8) is 0 Å². The van der Waals surface area contributed by atoms with Gasteiger partial charge in [0, 0.05) is 5.38 Å². The molecule has 15 heteroatoms. The van der Waals surface area contributed by atoms with Crippen LogP contribution in [0.3, 0.4) is 0 Å². The first-order valence-electron chi connectivity index (χ1n) is 6.46. The zero-order valence-electron chi connectivity index (χ0n) is 13.0. The topological polar surface area (TPSA) is 173 Å². The van der Waals surface area contributed by atoms with Gasteiger partial charge in [-0.3, -0.25) is 10.2 Å². The summed E-state index contributed by atoms with van der Waals surface area (Å²) in [6.45, 7) is 1.79. The van der Waals surface area contributed by atoms with Crippen LogP contribution in [0, 0.1) is 0 Å². The lowest BCUT2D eigenvalue weighted by Gasteiger charge is -2.14. The summed E-state index contributed by atoms with van der Waals surface area (Å²) in [7, 11) is 0. The van der Waals surface area contributed by atoms with Crippen molar-refractivity contribution >= 4 is 40.8 Å². The van der Waals surface area contributed by atoms with Gasteiger partial charge in [0.2, 0.25) is 6.41 Å². The number of esters is 1. The van der Waals surface area contributed by atoms with Crippen molar-refractivity contribution in [2.24, 2.45) is 5.84 Å². The van der Waals surface area contributed by atoms with Crippen molar-refractivity contribution in [3.05, 3.63) is 11.1 Å². The molecule has 0 aliphatic heterocycles. The summed E-state index contributed by atoms with van der Waals surface area (Å²) in [6, 6.07) is -1.85. The average Bonchev–Trinajstić information content (AvgIpc) is 3.00. The molecular formula is C11H14F3N5O6S. The van der Waals surface area contributed by atoms with Gasteiger partial charge in [-0.2, -0.15) is 13.2 Å². The number of halogens is 3. The quantitative estimate of drug-likeness (QED) is 0.147. The summed E-state index contributed by atoms with van der Waals surface area (Å²) in [5.74, 6) is 1.51. The molecule has 1 atom stereocenters. The number of anilines is 1. The smallest absolute Gasteiger partial charge is 0.475 e. The van der Waals surface area contributed by atoms with Gasteiger partial charge in [0.15, 0.2) is 11.2 Å². The Bertz CT molecular complexity index is 638. The second-order valence-electron chi connectivity index (χ2n) is 3.95. The first kappa shape index (κ1) is 23.1. The molecule has 0 spiro atoms. The van der Waals surface area contributed by atoms with Crippen molar-refractivity contribution in [1.82, 2.24) is 15.7 Å². The Morgan fingerprint density at radius 3 is 2.46 bits per heavy atom. The summed E-state index contributed by atoms with van der Waals surface area (Å²) < 4.78 is 36.6. The molecule has 1 unspecified atom stereocenters. The summed E-state index contributed by atoms with van der Waals surface area (Å²) in [5, 5.41) is 13.6. The molecule has 0 saturated carbocycles. The van der Waals surface area contributed by atoms with E-state index in [-0.39, 0.29) is 12.3 Å². The van der Waals surface area contributed by atoms with Crippen molar-refractivity contribution in [1.29, 1.82) is 0 Å². The number of hydrogen-bond donors (Lipinski definition) is 5. The number of aliphatic carboxylic acids is 1. The van der Waals surface area contributed by atoms with E-state index in [4.69, 9.17) is 20.5 Å². The number of amides is 3. The second kappa shape index (κ2) is 10.8. The van der Waals surface area contributed by atoms with E-state index >= 15 is 0 Å². The highest BCUT2D eigenvalue weighted by molar-refractivity contribution is 7.13. The predicted molar refractivity (Wildman–Crippen MR) is 80.7 cm³/mol. The SMILES string of the molecule is CCOC(=O)C(NC(=O)NN)c1csc(NC=O)n1.O=C(O)C(F)(F)F. The zero-order chi connectivity index (χ0) is 20.3. The Balaban J connectivity index is 0.000000758. The van der Waals surface area contributed by atoms with E-state index in [1.165, 1.54) is 5.38 Å². The highest BCUT2D eigenvalue weighted by atomic mass is 32.1. The number of thiazole rings is 1. The standard InChI is InChI=1S/C9H13N5O4S.C2HF3O2/c1-2-18-7(16)6(13-8(17)14-10)5-3-19-9(12-5)11-4-15;3-2(4,5)1(6)7/h3-4,6H,2,10H2,1H3,(H,11,12,15)(H2,13,14,17);(H,6,7). The maximum absolute atomic E-state index is 11.7. The Labute approximate surface area is 147 Å². The third-order valence-corrected chi connectivity index (χ3v) is 2.96. The number of alkyl halides is 3.